The van der Waals surface area contributed by atoms with E-state index in [0.717, 1.165) is 6.42 Å². The summed E-state index contributed by atoms with van der Waals surface area (Å²) in [5, 5.41) is 0. The smallest absolute Gasteiger partial charge is 0.312 e. The van der Waals surface area contributed by atoms with Crippen molar-refractivity contribution in [1.29, 1.82) is 0 Å². The Kier molecular flexibility index (Phi) is 15.0. The van der Waals surface area contributed by atoms with Crippen LogP contribution >= 0.6 is 0 Å². The Hall–Kier alpha value is -0.790. The second-order valence-electron chi connectivity index (χ2n) is 6.06. The zero-order chi connectivity index (χ0) is 15.8. The molecule has 0 aromatic heterocycles. The Labute approximate surface area is 132 Å². The summed E-state index contributed by atoms with van der Waals surface area (Å²) in [5.41, 5.74) is 0. The topological polar surface area (TPSA) is 26.3 Å². The van der Waals surface area contributed by atoms with Crippen molar-refractivity contribution in [3.63, 3.8) is 0 Å². The van der Waals surface area contributed by atoms with Crippen LogP contribution in [-0.4, -0.2) is 13.1 Å². The number of carbonyl (C=O) groups excluding carboxylic acids is 1. The second-order valence-corrected chi connectivity index (χ2v) is 6.06. The van der Waals surface area contributed by atoms with Crippen LogP contribution in [0, 0.1) is 5.92 Å². The van der Waals surface area contributed by atoms with Gasteiger partial charge in [-0.2, -0.15) is 0 Å². The Morgan fingerprint density at radius 3 is 1.86 bits per heavy atom. The Morgan fingerprint density at radius 1 is 0.905 bits per heavy atom. The molecule has 0 radical (unpaired) electrons. The monoisotopic (exact) mass is 296 g/mol. The van der Waals surface area contributed by atoms with Crippen LogP contribution in [0.3, 0.4) is 0 Å². The van der Waals surface area contributed by atoms with Gasteiger partial charge in [-0.05, 0) is 19.8 Å². The maximum Gasteiger partial charge on any atom is 0.312 e. The van der Waals surface area contributed by atoms with Gasteiger partial charge in [0.15, 0.2) is 0 Å². The van der Waals surface area contributed by atoms with Crippen molar-refractivity contribution in [3.8, 4) is 0 Å². The first-order valence-electron chi connectivity index (χ1n) is 8.96. The van der Waals surface area contributed by atoms with E-state index in [2.05, 4.69) is 17.7 Å². The Bertz CT molecular complexity index is 258. The average Bonchev–Trinajstić information content (AvgIpc) is 2.50. The van der Waals surface area contributed by atoms with Gasteiger partial charge in [0, 0.05) is 0 Å². The van der Waals surface area contributed by atoms with E-state index in [1.807, 2.05) is 13.0 Å². The molecule has 2 heteroatoms. The minimum Gasteiger partial charge on any atom is -0.469 e. The highest BCUT2D eigenvalue weighted by Crippen LogP contribution is 2.12. The molecule has 0 fully saturated rings. The summed E-state index contributed by atoms with van der Waals surface area (Å²) < 4.78 is 4.69. The molecule has 0 amide bonds. The first-order chi connectivity index (χ1) is 10.2. The lowest BCUT2D eigenvalue weighted by molar-refractivity contribution is -0.143. The number of hydrogen-bond acceptors (Lipinski definition) is 2. The van der Waals surface area contributed by atoms with Gasteiger partial charge >= 0.3 is 5.97 Å². The van der Waals surface area contributed by atoms with Gasteiger partial charge in [-0.25, -0.2) is 0 Å². The molecule has 0 saturated carbocycles. The van der Waals surface area contributed by atoms with Crippen LogP contribution in [0.1, 0.15) is 90.9 Å². The normalized spacial score (nSPS) is 12.7. The average molecular weight is 296 g/mol. The lowest BCUT2D eigenvalue weighted by atomic mass is 10.0. The van der Waals surface area contributed by atoms with Crippen molar-refractivity contribution in [2.75, 3.05) is 7.11 Å². The van der Waals surface area contributed by atoms with E-state index in [1.165, 1.54) is 77.7 Å². The quantitative estimate of drug-likeness (QED) is 0.221. The molecule has 0 spiro atoms. The number of unbranched alkanes of at least 4 members (excludes halogenated alkanes) is 11. The first kappa shape index (κ1) is 20.2. The molecule has 1 unspecified atom stereocenters. The second kappa shape index (κ2) is 15.6. The highest BCUT2D eigenvalue weighted by Gasteiger charge is 2.07. The fourth-order valence-electron chi connectivity index (χ4n) is 2.49. The number of rotatable bonds is 14. The lowest BCUT2D eigenvalue weighted by Crippen LogP contribution is -2.09. The molecule has 0 bridgehead atoms. The van der Waals surface area contributed by atoms with E-state index < -0.39 is 0 Å². The van der Waals surface area contributed by atoms with E-state index >= 15 is 0 Å². The predicted molar refractivity (Wildman–Crippen MR) is 91.4 cm³/mol. The number of allylic oxidation sites excluding steroid dienone is 1. The van der Waals surface area contributed by atoms with Crippen LogP contribution in [0.4, 0.5) is 0 Å². The first-order valence-corrected chi connectivity index (χ1v) is 8.96. The molecule has 0 heterocycles. The number of hydrogen-bond donors (Lipinski definition) is 0. The minimum absolute atomic E-state index is 0.109. The molecular weight excluding hydrogens is 260 g/mol. The lowest BCUT2D eigenvalue weighted by Gasteiger charge is -2.03. The Morgan fingerprint density at radius 2 is 1.38 bits per heavy atom. The van der Waals surface area contributed by atoms with E-state index in [9.17, 15) is 4.79 Å². The van der Waals surface area contributed by atoms with Gasteiger partial charge in [-0.3, -0.25) is 4.79 Å². The molecule has 0 saturated heterocycles. The van der Waals surface area contributed by atoms with Crippen LogP contribution < -0.4 is 0 Å². The molecule has 0 aromatic rings. The van der Waals surface area contributed by atoms with Crippen LogP contribution in [0.2, 0.25) is 0 Å². The van der Waals surface area contributed by atoms with Gasteiger partial charge in [-0.1, -0.05) is 83.3 Å². The van der Waals surface area contributed by atoms with E-state index in [1.54, 1.807) is 0 Å². The van der Waals surface area contributed by atoms with Crippen molar-refractivity contribution in [1.82, 2.24) is 0 Å². The third-order valence-electron chi connectivity index (χ3n) is 3.97. The largest absolute Gasteiger partial charge is 0.469 e. The van der Waals surface area contributed by atoms with Crippen molar-refractivity contribution in [2.24, 2.45) is 5.92 Å². The number of carbonyl (C=O) groups is 1. The van der Waals surface area contributed by atoms with Gasteiger partial charge in [0.2, 0.25) is 0 Å². The molecule has 0 aromatic carbocycles. The molecule has 124 valence electrons. The number of ether oxygens (including phenoxy) is 1. The summed E-state index contributed by atoms with van der Waals surface area (Å²) in [5.74, 6) is -0.257. The standard InChI is InChI=1S/C19H36O2/c1-4-5-6-7-8-9-10-11-12-13-14-15-16-17-18(2)19(20)21-3/h16-18H,4-15H2,1-3H3. The summed E-state index contributed by atoms with van der Waals surface area (Å²) in [7, 11) is 1.44. The van der Waals surface area contributed by atoms with Crippen molar-refractivity contribution < 1.29 is 9.53 Å². The number of methoxy groups -OCH3 is 1. The van der Waals surface area contributed by atoms with Gasteiger partial charge in [-0.15, -0.1) is 0 Å². The van der Waals surface area contributed by atoms with Gasteiger partial charge < -0.3 is 4.74 Å². The van der Waals surface area contributed by atoms with E-state index in [0.29, 0.717) is 0 Å². The molecule has 0 N–H and O–H groups in total. The molecule has 1 atom stereocenters. The van der Waals surface area contributed by atoms with Gasteiger partial charge in [0.1, 0.15) is 0 Å². The van der Waals surface area contributed by atoms with Gasteiger partial charge in [0.25, 0.3) is 0 Å². The van der Waals surface area contributed by atoms with Crippen molar-refractivity contribution in [3.05, 3.63) is 12.2 Å². The van der Waals surface area contributed by atoms with Crippen LogP contribution in [0.25, 0.3) is 0 Å². The fraction of sp³-hybridized carbons (Fsp3) is 0.842. The third kappa shape index (κ3) is 13.9. The molecule has 0 aliphatic carbocycles. The van der Waals surface area contributed by atoms with Crippen LogP contribution in [0.15, 0.2) is 12.2 Å². The van der Waals surface area contributed by atoms with Crippen LogP contribution in [0.5, 0.6) is 0 Å². The summed E-state index contributed by atoms with van der Waals surface area (Å²) in [6.45, 7) is 4.15. The Balaban J connectivity index is 3.22. The van der Waals surface area contributed by atoms with Gasteiger partial charge in [0.05, 0.1) is 13.0 Å². The number of esters is 1. The zero-order valence-corrected chi connectivity index (χ0v) is 14.5. The highest BCUT2D eigenvalue weighted by molar-refractivity contribution is 5.73. The maximum absolute atomic E-state index is 11.2. The third-order valence-corrected chi connectivity index (χ3v) is 3.97. The SMILES string of the molecule is CCCCCCCCCCCCCC=CC(C)C(=O)OC. The van der Waals surface area contributed by atoms with Crippen molar-refractivity contribution in [2.45, 2.75) is 90.9 Å². The summed E-state index contributed by atoms with van der Waals surface area (Å²) in [6, 6.07) is 0. The summed E-state index contributed by atoms with van der Waals surface area (Å²) in [6.07, 6.45) is 20.3. The molecule has 2 nitrogen and oxygen atoms in total. The molecular formula is C19H36O2. The zero-order valence-electron chi connectivity index (χ0n) is 14.5. The van der Waals surface area contributed by atoms with E-state index in [4.69, 9.17) is 0 Å². The van der Waals surface area contributed by atoms with Crippen LogP contribution in [-0.2, 0) is 9.53 Å². The fourth-order valence-corrected chi connectivity index (χ4v) is 2.49. The summed E-state index contributed by atoms with van der Waals surface area (Å²) >= 11 is 0. The van der Waals surface area contributed by atoms with Crippen molar-refractivity contribution >= 4 is 5.97 Å². The van der Waals surface area contributed by atoms with E-state index in [-0.39, 0.29) is 11.9 Å². The molecule has 21 heavy (non-hydrogen) atoms. The molecule has 0 rings (SSSR count). The predicted octanol–water partition coefficient (Wildman–Crippen LogP) is 6.05. The highest BCUT2D eigenvalue weighted by atomic mass is 16.5. The molecule has 0 aliphatic heterocycles. The minimum atomic E-state index is -0.148. The summed E-state index contributed by atoms with van der Waals surface area (Å²) in [4.78, 5) is 11.2. The molecule has 0 aliphatic rings. The maximum atomic E-state index is 11.2.